The molecule has 0 N–H and O–H groups in total. The van der Waals surface area contributed by atoms with Crippen LogP contribution in [0.3, 0.4) is 0 Å². The van der Waals surface area contributed by atoms with E-state index >= 15 is 0 Å². The van der Waals surface area contributed by atoms with Crippen molar-refractivity contribution in [1.82, 2.24) is 14.1 Å². The Labute approximate surface area is 189 Å². The van der Waals surface area contributed by atoms with Crippen molar-refractivity contribution < 1.29 is 13.2 Å². The van der Waals surface area contributed by atoms with Gasteiger partial charge in [-0.05, 0) is 30.5 Å². The lowest BCUT2D eigenvalue weighted by atomic mass is 10.0. The summed E-state index contributed by atoms with van der Waals surface area (Å²) in [6.07, 6.45) is 2.13. The minimum Gasteiger partial charge on any atom is -0.339 e. The standard InChI is InChI=1S/C24H28N4O3S/c25-19-23(20-9-3-1-4-10-20)26-15-17-27(18-16-26)24(29)22-13-7-8-14-28(22)32(30,31)21-11-5-2-6-12-21/h1-6,9-12,22-23H,7-8,13-18H2. The SMILES string of the molecule is N#CC(c1ccccc1)N1CCN(C(=O)C2CCCCN2S(=O)(=O)c2ccccc2)CC1. The third kappa shape index (κ3) is 4.56. The highest BCUT2D eigenvalue weighted by atomic mass is 32.2. The molecule has 2 aliphatic heterocycles. The minimum absolute atomic E-state index is 0.128. The predicted molar refractivity (Wildman–Crippen MR) is 121 cm³/mol. The number of carbonyl (C=O) groups is 1. The van der Waals surface area contributed by atoms with Crippen LogP contribution >= 0.6 is 0 Å². The second-order valence-corrected chi connectivity index (χ2v) is 10.1. The summed E-state index contributed by atoms with van der Waals surface area (Å²) in [4.78, 5) is 17.5. The highest BCUT2D eigenvalue weighted by Crippen LogP contribution is 2.28. The molecule has 2 aliphatic rings. The van der Waals surface area contributed by atoms with Crippen LogP contribution in [0.2, 0.25) is 0 Å². The number of hydrogen-bond acceptors (Lipinski definition) is 5. The van der Waals surface area contributed by atoms with Crippen molar-refractivity contribution in [1.29, 1.82) is 5.26 Å². The second kappa shape index (κ2) is 9.82. The van der Waals surface area contributed by atoms with Crippen LogP contribution in [0.25, 0.3) is 0 Å². The number of nitrogens with zero attached hydrogens (tertiary/aromatic N) is 4. The van der Waals surface area contributed by atoms with Crippen LogP contribution in [0, 0.1) is 11.3 Å². The number of amides is 1. The summed E-state index contributed by atoms with van der Waals surface area (Å²) in [5, 5.41) is 9.70. The molecule has 1 amide bonds. The molecule has 0 spiro atoms. The number of piperazine rings is 1. The van der Waals surface area contributed by atoms with Gasteiger partial charge in [-0.1, -0.05) is 55.0 Å². The molecule has 8 heteroatoms. The fourth-order valence-electron chi connectivity index (χ4n) is 4.58. The Bertz CT molecular complexity index is 1060. The van der Waals surface area contributed by atoms with Crippen molar-refractivity contribution in [3.8, 4) is 6.07 Å². The van der Waals surface area contributed by atoms with E-state index in [1.165, 1.54) is 4.31 Å². The Morgan fingerprint density at radius 3 is 2.16 bits per heavy atom. The molecule has 7 nitrogen and oxygen atoms in total. The second-order valence-electron chi connectivity index (χ2n) is 8.24. The van der Waals surface area contributed by atoms with Gasteiger partial charge < -0.3 is 4.90 Å². The zero-order valence-corrected chi connectivity index (χ0v) is 18.8. The van der Waals surface area contributed by atoms with E-state index in [0.717, 1.165) is 18.4 Å². The first-order valence-electron chi connectivity index (χ1n) is 11.1. The summed E-state index contributed by atoms with van der Waals surface area (Å²) >= 11 is 0. The first-order chi connectivity index (χ1) is 15.5. The minimum atomic E-state index is -3.73. The molecule has 0 radical (unpaired) electrons. The quantitative estimate of drug-likeness (QED) is 0.696. The summed E-state index contributed by atoms with van der Waals surface area (Å²) in [5.74, 6) is -0.128. The van der Waals surface area contributed by atoms with Gasteiger partial charge in [-0.15, -0.1) is 0 Å². The Kier molecular flexibility index (Phi) is 6.89. The van der Waals surface area contributed by atoms with Gasteiger partial charge in [0.05, 0.1) is 11.0 Å². The van der Waals surface area contributed by atoms with Crippen LogP contribution in [0.1, 0.15) is 30.9 Å². The molecule has 0 saturated carbocycles. The zero-order valence-electron chi connectivity index (χ0n) is 18.0. The van der Waals surface area contributed by atoms with Crippen molar-refractivity contribution >= 4 is 15.9 Å². The van der Waals surface area contributed by atoms with E-state index in [9.17, 15) is 18.5 Å². The van der Waals surface area contributed by atoms with Crippen LogP contribution in [0.15, 0.2) is 65.6 Å². The third-order valence-electron chi connectivity index (χ3n) is 6.32. The van der Waals surface area contributed by atoms with Crippen molar-refractivity contribution in [3.05, 3.63) is 66.2 Å². The number of rotatable bonds is 5. The first kappa shape index (κ1) is 22.5. The first-order valence-corrected chi connectivity index (χ1v) is 12.5. The molecular formula is C24H28N4O3S. The molecule has 2 atom stereocenters. The number of benzene rings is 2. The Hall–Kier alpha value is -2.73. The molecule has 0 aliphatic carbocycles. The number of piperidine rings is 1. The third-order valence-corrected chi connectivity index (χ3v) is 8.24. The molecule has 32 heavy (non-hydrogen) atoms. The monoisotopic (exact) mass is 452 g/mol. The van der Waals surface area contributed by atoms with E-state index < -0.39 is 16.1 Å². The molecule has 2 aromatic rings. The fraction of sp³-hybridized carbons (Fsp3) is 0.417. The summed E-state index contributed by atoms with van der Waals surface area (Å²) in [6, 6.07) is 19.4. The maximum atomic E-state index is 13.4. The molecule has 2 heterocycles. The lowest BCUT2D eigenvalue weighted by Gasteiger charge is -2.41. The van der Waals surface area contributed by atoms with Gasteiger partial charge in [0.15, 0.2) is 0 Å². The number of carbonyl (C=O) groups excluding carboxylic acids is 1. The maximum absolute atomic E-state index is 13.4. The van der Waals surface area contributed by atoms with Gasteiger partial charge in [0.25, 0.3) is 0 Å². The van der Waals surface area contributed by atoms with E-state index in [0.29, 0.717) is 39.1 Å². The van der Waals surface area contributed by atoms with Gasteiger partial charge in [-0.3, -0.25) is 9.69 Å². The van der Waals surface area contributed by atoms with Crippen LogP contribution in [-0.4, -0.2) is 67.2 Å². The summed E-state index contributed by atoms with van der Waals surface area (Å²) in [5.41, 5.74) is 0.946. The largest absolute Gasteiger partial charge is 0.339 e. The molecule has 2 aromatic carbocycles. The lowest BCUT2D eigenvalue weighted by Crippen LogP contribution is -2.57. The van der Waals surface area contributed by atoms with E-state index in [-0.39, 0.29) is 16.8 Å². The molecule has 0 bridgehead atoms. The van der Waals surface area contributed by atoms with E-state index in [1.54, 1.807) is 35.2 Å². The molecule has 2 fully saturated rings. The normalized spacial score (nSPS) is 21.6. The van der Waals surface area contributed by atoms with Gasteiger partial charge in [0, 0.05) is 32.7 Å². The summed E-state index contributed by atoms with van der Waals surface area (Å²) in [6.45, 7) is 2.49. The van der Waals surface area contributed by atoms with Crippen LogP contribution in [0.5, 0.6) is 0 Å². The lowest BCUT2D eigenvalue weighted by molar-refractivity contribution is -0.138. The van der Waals surface area contributed by atoms with Crippen molar-refractivity contribution in [2.75, 3.05) is 32.7 Å². The van der Waals surface area contributed by atoms with Gasteiger partial charge in [0.2, 0.25) is 15.9 Å². The van der Waals surface area contributed by atoms with E-state index in [2.05, 4.69) is 11.0 Å². The molecule has 168 valence electrons. The highest BCUT2D eigenvalue weighted by Gasteiger charge is 2.40. The predicted octanol–water partition coefficient (Wildman–Crippen LogP) is 2.64. The fourth-order valence-corrected chi connectivity index (χ4v) is 6.25. The maximum Gasteiger partial charge on any atom is 0.243 e. The van der Waals surface area contributed by atoms with Gasteiger partial charge in [-0.25, -0.2) is 8.42 Å². The average molecular weight is 453 g/mol. The molecule has 0 aromatic heterocycles. The Morgan fingerprint density at radius 1 is 0.906 bits per heavy atom. The smallest absolute Gasteiger partial charge is 0.243 e. The Balaban J connectivity index is 1.45. The average Bonchev–Trinajstić information content (AvgIpc) is 2.86. The highest BCUT2D eigenvalue weighted by molar-refractivity contribution is 7.89. The summed E-state index contributed by atoms with van der Waals surface area (Å²) < 4.78 is 27.9. The van der Waals surface area contributed by atoms with E-state index in [1.807, 2.05) is 30.3 Å². The number of sulfonamides is 1. The molecular weight excluding hydrogens is 424 g/mol. The number of hydrogen-bond donors (Lipinski definition) is 0. The van der Waals surface area contributed by atoms with Crippen LogP contribution in [0.4, 0.5) is 0 Å². The Morgan fingerprint density at radius 2 is 1.53 bits per heavy atom. The zero-order chi connectivity index (χ0) is 22.6. The van der Waals surface area contributed by atoms with Crippen molar-refractivity contribution in [3.63, 3.8) is 0 Å². The van der Waals surface area contributed by atoms with Crippen LogP contribution < -0.4 is 0 Å². The van der Waals surface area contributed by atoms with Gasteiger partial charge in [-0.2, -0.15) is 9.57 Å². The van der Waals surface area contributed by atoms with E-state index in [4.69, 9.17) is 0 Å². The van der Waals surface area contributed by atoms with Crippen LogP contribution in [-0.2, 0) is 14.8 Å². The molecule has 4 rings (SSSR count). The van der Waals surface area contributed by atoms with Crippen molar-refractivity contribution in [2.45, 2.75) is 36.2 Å². The van der Waals surface area contributed by atoms with Gasteiger partial charge in [0.1, 0.15) is 12.1 Å². The molecule has 2 saturated heterocycles. The summed E-state index contributed by atoms with van der Waals surface area (Å²) in [7, 11) is -3.73. The molecule has 2 unspecified atom stereocenters. The topological polar surface area (TPSA) is 84.7 Å². The van der Waals surface area contributed by atoms with Gasteiger partial charge >= 0.3 is 0 Å². The number of nitriles is 1. The van der Waals surface area contributed by atoms with Crippen molar-refractivity contribution in [2.24, 2.45) is 0 Å².